The number of rotatable bonds is 5. The Morgan fingerprint density at radius 2 is 1.77 bits per heavy atom. The van der Waals surface area contributed by atoms with Gasteiger partial charge in [-0.25, -0.2) is 4.39 Å². The number of carbonyl (C=O) groups excluding carboxylic acids is 1. The van der Waals surface area contributed by atoms with Gasteiger partial charge in [-0.3, -0.25) is 4.79 Å². The maximum absolute atomic E-state index is 13.9. The predicted octanol–water partition coefficient (Wildman–Crippen LogP) is 4.23. The number of carbonyl (C=O) groups is 1. The molecule has 1 heterocycles. The minimum absolute atomic E-state index is 0.107. The number of likely N-dealkylation sites (tertiary alicyclic amines) is 1. The van der Waals surface area contributed by atoms with Crippen molar-refractivity contribution >= 4 is 11.6 Å². The number of nitrogens with one attached hydrogen (secondary N) is 1. The maximum atomic E-state index is 13.9. The largest absolute Gasteiger partial charge is 0.323 e. The molecule has 3 nitrogen and oxygen atoms in total. The zero-order valence-electron chi connectivity index (χ0n) is 15.8. The normalized spacial score (nSPS) is 20.3. The van der Waals surface area contributed by atoms with Crippen LogP contribution in [0.2, 0.25) is 0 Å². The molecule has 0 spiro atoms. The maximum Gasteiger partial charge on any atom is 0.229 e. The third kappa shape index (κ3) is 3.96. The SMILES string of the molecule is CCc1cc(CC)cc([C@H]2CN(C)C[C@@H]2C(=O)Nc2ccccc2F)c1. The van der Waals surface area contributed by atoms with Gasteiger partial charge in [0.25, 0.3) is 0 Å². The first-order valence-electron chi connectivity index (χ1n) is 9.38. The molecular formula is C22H27FN2O. The number of aryl methyl sites for hydroxylation is 2. The van der Waals surface area contributed by atoms with Crippen LogP contribution in [0.25, 0.3) is 0 Å². The van der Waals surface area contributed by atoms with Crippen molar-refractivity contribution in [3.05, 3.63) is 65.0 Å². The zero-order valence-corrected chi connectivity index (χ0v) is 15.8. The number of likely N-dealkylation sites (N-methyl/N-ethyl adjacent to an activating group) is 1. The van der Waals surface area contributed by atoms with Crippen molar-refractivity contribution in [1.82, 2.24) is 4.90 Å². The van der Waals surface area contributed by atoms with Crippen LogP contribution >= 0.6 is 0 Å². The highest BCUT2D eigenvalue weighted by Crippen LogP contribution is 2.34. The van der Waals surface area contributed by atoms with Gasteiger partial charge in [0, 0.05) is 19.0 Å². The van der Waals surface area contributed by atoms with Gasteiger partial charge in [-0.1, -0.05) is 44.2 Å². The van der Waals surface area contributed by atoms with Gasteiger partial charge < -0.3 is 10.2 Å². The Labute approximate surface area is 155 Å². The quantitative estimate of drug-likeness (QED) is 0.871. The van der Waals surface area contributed by atoms with Crippen molar-refractivity contribution < 1.29 is 9.18 Å². The van der Waals surface area contributed by atoms with Crippen molar-refractivity contribution in [3.8, 4) is 0 Å². The average Bonchev–Trinajstić information content (AvgIpc) is 3.05. The van der Waals surface area contributed by atoms with Crippen LogP contribution in [0.5, 0.6) is 0 Å². The molecule has 0 aliphatic carbocycles. The Hall–Kier alpha value is -2.20. The molecule has 26 heavy (non-hydrogen) atoms. The van der Waals surface area contributed by atoms with E-state index in [0.717, 1.165) is 19.4 Å². The lowest BCUT2D eigenvalue weighted by molar-refractivity contribution is -0.119. The third-order valence-electron chi connectivity index (χ3n) is 5.29. The number of benzene rings is 2. The number of hydrogen-bond acceptors (Lipinski definition) is 2. The van der Waals surface area contributed by atoms with E-state index in [1.54, 1.807) is 18.2 Å². The summed E-state index contributed by atoms with van der Waals surface area (Å²) >= 11 is 0. The second-order valence-corrected chi connectivity index (χ2v) is 7.19. The van der Waals surface area contributed by atoms with Gasteiger partial charge in [-0.15, -0.1) is 0 Å². The Morgan fingerprint density at radius 3 is 2.38 bits per heavy atom. The summed E-state index contributed by atoms with van der Waals surface area (Å²) in [6.07, 6.45) is 1.96. The van der Waals surface area contributed by atoms with Crippen LogP contribution in [0, 0.1) is 11.7 Å². The van der Waals surface area contributed by atoms with Crippen LogP contribution in [-0.4, -0.2) is 30.9 Å². The third-order valence-corrected chi connectivity index (χ3v) is 5.29. The van der Waals surface area contributed by atoms with Crippen LogP contribution in [0.15, 0.2) is 42.5 Å². The fourth-order valence-corrected chi connectivity index (χ4v) is 3.81. The number of amides is 1. The molecular weight excluding hydrogens is 327 g/mol. The van der Waals surface area contributed by atoms with E-state index in [1.165, 1.54) is 22.8 Å². The molecule has 1 N–H and O–H groups in total. The summed E-state index contributed by atoms with van der Waals surface area (Å²) in [4.78, 5) is 15.1. The van der Waals surface area contributed by atoms with E-state index in [2.05, 4.69) is 42.3 Å². The minimum atomic E-state index is -0.398. The number of para-hydroxylation sites is 1. The molecule has 138 valence electrons. The fourth-order valence-electron chi connectivity index (χ4n) is 3.81. The van der Waals surface area contributed by atoms with Crippen molar-refractivity contribution in [3.63, 3.8) is 0 Å². The first kappa shape index (κ1) is 18.6. The summed E-state index contributed by atoms with van der Waals surface area (Å²) in [5, 5.41) is 2.79. The molecule has 4 heteroatoms. The van der Waals surface area contributed by atoms with Gasteiger partial charge in [-0.05, 0) is 48.7 Å². The van der Waals surface area contributed by atoms with E-state index in [0.29, 0.717) is 6.54 Å². The summed E-state index contributed by atoms with van der Waals surface area (Å²) in [5.41, 5.74) is 4.09. The lowest BCUT2D eigenvalue weighted by atomic mass is 9.86. The number of anilines is 1. The smallest absolute Gasteiger partial charge is 0.229 e. The molecule has 1 amide bonds. The molecule has 1 aliphatic rings. The Balaban J connectivity index is 1.87. The minimum Gasteiger partial charge on any atom is -0.323 e. The van der Waals surface area contributed by atoms with Gasteiger partial charge >= 0.3 is 0 Å². The molecule has 0 unspecified atom stereocenters. The monoisotopic (exact) mass is 354 g/mol. The molecule has 2 atom stereocenters. The average molecular weight is 354 g/mol. The summed E-state index contributed by atoms with van der Waals surface area (Å²) < 4.78 is 13.9. The molecule has 0 aromatic heterocycles. The van der Waals surface area contributed by atoms with Gasteiger partial charge in [0.2, 0.25) is 5.91 Å². The first-order chi connectivity index (χ1) is 12.5. The topological polar surface area (TPSA) is 32.3 Å². The van der Waals surface area contributed by atoms with Gasteiger partial charge in [-0.2, -0.15) is 0 Å². The molecule has 0 bridgehead atoms. The molecule has 3 rings (SSSR count). The van der Waals surface area contributed by atoms with E-state index in [9.17, 15) is 9.18 Å². The molecule has 2 aromatic rings. The highest BCUT2D eigenvalue weighted by molar-refractivity contribution is 5.93. The number of nitrogens with zero attached hydrogens (tertiary/aromatic N) is 1. The molecule has 0 radical (unpaired) electrons. The lowest BCUT2D eigenvalue weighted by Crippen LogP contribution is -2.28. The Kier molecular flexibility index (Phi) is 5.72. The second-order valence-electron chi connectivity index (χ2n) is 7.19. The molecule has 1 saturated heterocycles. The standard InChI is InChI=1S/C22H27FN2O/c1-4-15-10-16(5-2)12-17(11-15)18-13-25(3)14-19(18)22(26)24-21-9-7-6-8-20(21)23/h6-12,18-19H,4-5,13-14H2,1-3H3,(H,24,26)/t18-,19+/m1/s1. The van der Waals surface area contributed by atoms with Crippen molar-refractivity contribution in [1.29, 1.82) is 0 Å². The highest BCUT2D eigenvalue weighted by Gasteiger charge is 2.37. The second kappa shape index (κ2) is 8.00. The molecule has 2 aromatic carbocycles. The predicted molar refractivity (Wildman–Crippen MR) is 104 cm³/mol. The van der Waals surface area contributed by atoms with Crippen LogP contribution in [-0.2, 0) is 17.6 Å². The van der Waals surface area contributed by atoms with Gasteiger partial charge in [0.1, 0.15) is 5.82 Å². The van der Waals surface area contributed by atoms with E-state index in [-0.39, 0.29) is 23.4 Å². The summed E-state index contributed by atoms with van der Waals surface area (Å²) in [7, 11) is 2.04. The van der Waals surface area contributed by atoms with Crippen LogP contribution in [0.4, 0.5) is 10.1 Å². The summed E-state index contributed by atoms with van der Waals surface area (Å²) in [6.45, 7) is 5.83. The van der Waals surface area contributed by atoms with E-state index in [4.69, 9.17) is 0 Å². The van der Waals surface area contributed by atoms with E-state index < -0.39 is 5.82 Å². The van der Waals surface area contributed by atoms with Crippen LogP contribution < -0.4 is 5.32 Å². The van der Waals surface area contributed by atoms with Crippen molar-refractivity contribution in [2.45, 2.75) is 32.6 Å². The Bertz CT molecular complexity index is 767. The Morgan fingerprint density at radius 1 is 1.12 bits per heavy atom. The van der Waals surface area contributed by atoms with E-state index >= 15 is 0 Å². The number of hydrogen-bond donors (Lipinski definition) is 1. The van der Waals surface area contributed by atoms with Crippen molar-refractivity contribution in [2.75, 3.05) is 25.5 Å². The van der Waals surface area contributed by atoms with Gasteiger partial charge in [0.15, 0.2) is 0 Å². The van der Waals surface area contributed by atoms with Crippen LogP contribution in [0.3, 0.4) is 0 Å². The first-order valence-corrected chi connectivity index (χ1v) is 9.38. The van der Waals surface area contributed by atoms with Crippen molar-refractivity contribution in [2.24, 2.45) is 5.92 Å². The molecule has 1 aliphatic heterocycles. The highest BCUT2D eigenvalue weighted by atomic mass is 19.1. The number of halogens is 1. The van der Waals surface area contributed by atoms with E-state index in [1.807, 2.05) is 7.05 Å². The molecule has 0 saturated carbocycles. The zero-order chi connectivity index (χ0) is 18.7. The molecule has 1 fully saturated rings. The fraction of sp³-hybridized carbons (Fsp3) is 0.409. The summed E-state index contributed by atoms with van der Waals surface area (Å²) in [6, 6.07) is 13.0. The lowest BCUT2D eigenvalue weighted by Gasteiger charge is -2.20. The summed E-state index contributed by atoms with van der Waals surface area (Å²) in [5.74, 6) is -0.561. The van der Waals surface area contributed by atoms with Crippen LogP contribution in [0.1, 0.15) is 36.5 Å². The van der Waals surface area contributed by atoms with Gasteiger partial charge in [0.05, 0.1) is 11.6 Å².